The molecule has 0 radical (unpaired) electrons. The Balaban J connectivity index is 1.32. The van der Waals surface area contributed by atoms with Crippen molar-refractivity contribution in [2.24, 2.45) is 11.8 Å². The summed E-state index contributed by atoms with van der Waals surface area (Å²) in [5, 5.41) is 3.09. The number of nitrogens with zero attached hydrogens (tertiary/aromatic N) is 2. The standard InChI is InChI=1S/C21H29N3O2/c1-15-14-18(6-7-19(15)23-10-2-3-11-23)22-20(25)16-8-12-24(13-9-16)21(26)17-4-5-17/h6-7,14,16-17H,2-5,8-13H2,1H3,(H,22,25). The number of piperidine rings is 1. The SMILES string of the molecule is Cc1cc(NC(=O)C2CCN(C(=O)C3CC3)CC2)ccc1N1CCCC1. The molecule has 2 saturated heterocycles. The average Bonchev–Trinajstić information content (AvgIpc) is 3.36. The maximum Gasteiger partial charge on any atom is 0.227 e. The van der Waals surface area contributed by atoms with Gasteiger partial charge in [-0.2, -0.15) is 0 Å². The van der Waals surface area contributed by atoms with Crippen LogP contribution in [0.3, 0.4) is 0 Å². The zero-order valence-electron chi connectivity index (χ0n) is 15.7. The normalized spacial score (nSPS) is 21.1. The van der Waals surface area contributed by atoms with Crippen molar-refractivity contribution < 1.29 is 9.59 Å². The number of carbonyl (C=O) groups is 2. The Labute approximate surface area is 155 Å². The van der Waals surface area contributed by atoms with Crippen LogP contribution in [0.5, 0.6) is 0 Å². The van der Waals surface area contributed by atoms with Gasteiger partial charge in [0.2, 0.25) is 11.8 Å². The second kappa shape index (κ2) is 7.29. The van der Waals surface area contributed by atoms with Gasteiger partial charge in [-0.25, -0.2) is 0 Å². The number of aryl methyl sites for hydroxylation is 1. The lowest BCUT2D eigenvalue weighted by Gasteiger charge is -2.31. The Kier molecular flexibility index (Phi) is 4.88. The number of benzene rings is 1. The van der Waals surface area contributed by atoms with E-state index in [0.29, 0.717) is 5.91 Å². The second-order valence-electron chi connectivity index (χ2n) is 8.06. The van der Waals surface area contributed by atoms with Gasteiger partial charge in [0.05, 0.1) is 0 Å². The van der Waals surface area contributed by atoms with Crippen LogP contribution in [0.1, 0.15) is 44.1 Å². The first-order valence-electron chi connectivity index (χ1n) is 10.1. The van der Waals surface area contributed by atoms with Gasteiger partial charge in [-0.05, 0) is 69.2 Å². The van der Waals surface area contributed by atoms with Crippen LogP contribution in [-0.4, -0.2) is 42.9 Å². The first-order valence-corrected chi connectivity index (χ1v) is 10.1. The topological polar surface area (TPSA) is 52.7 Å². The Morgan fingerprint density at radius 2 is 1.65 bits per heavy atom. The molecule has 3 aliphatic rings. The molecular weight excluding hydrogens is 326 g/mol. The summed E-state index contributed by atoms with van der Waals surface area (Å²) in [7, 11) is 0. The summed E-state index contributed by atoms with van der Waals surface area (Å²) in [6.45, 7) is 5.82. The molecular formula is C21H29N3O2. The van der Waals surface area contributed by atoms with E-state index in [2.05, 4.69) is 29.3 Å². The van der Waals surface area contributed by atoms with Crippen molar-refractivity contribution in [3.8, 4) is 0 Å². The summed E-state index contributed by atoms with van der Waals surface area (Å²) in [6, 6.07) is 6.23. The Hall–Kier alpha value is -2.04. The maximum atomic E-state index is 12.6. The molecule has 0 bridgehead atoms. The smallest absolute Gasteiger partial charge is 0.227 e. The number of anilines is 2. The van der Waals surface area contributed by atoms with E-state index in [4.69, 9.17) is 0 Å². The molecule has 5 nitrogen and oxygen atoms in total. The number of carbonyl (C=O) groups excluding carboxylic acids is 2. The van der Waals surface area contributed by atoms with Gasteiger partial charge in [-0.1, -0.05) is 0 Å². The zero-order chi connectivity index (χ0) is 18.1. The molecule has 0 unspecified atom stereocenters. The van der Waals surface area contributed by atoms with Crippen molar-refractivity contribution >= 4 is 23.2 Å². The highest BCUT2D eigenvalue weighted by atomic mass is 16.2. The minimum Gasteiger partial charge on any atom is -0.371 e. The van der Waals surface area contributed by atoms with Crippen LogP contribution in [0.15, 0.2) is 18.2 Å². The fraction of sp³-hybridized carbons (Fsp3) is 0.619. The molecule has 1 aromatic rings. The molecule has 0 aromatic heterocycles. The molecule has 0 atom stereocenters. The number of rotatable bonds is 4. The molecule has 5 heteroatoms. The summed E-state index contributed by atoms with van der Waals surface area (Å²) in [5.74, 6) is 0.683. The first-order chi connectivity index (χ1) is 12.6. The van der Waals surface area contributed by atoms with Gasteiger partial charge < -0.3 is 15.1 Å². The maximum absolute atomic E-state index is 12.6. The average molecular weight is 355 g/mol. The van der Waals surface area contributed by atoms with Crippen molar-refractivity contribution in [2.75, 3.05) is 36.4 Å². The van der Waals surface area contributed by atoms with E-state index in [9.17, 15) is 9.59 Å². The third-order valence-electron chi connectivity index (χ3n) is 6.02. The fourth-order valence-corrected chi connectivity index (χ4v) is 4.24. The molecule has 1 aliphatic carbocycles. The third-order valence-corrected chi connectivity index (χ3v) is 6.02. The highest BCUT2D eigenvalue weighted by molar-refractivity contribution is 5.93. The highest BCUT2D eigenvalue weighted by Gasteiger charge is 2.36. The largest absolute Gasteiger partial charge is 0.371 e. The molecule has 1 aromatic carbocycles. The summed E-state index contributed by atoms with van der Waals surface area (Å²) in [6.07, 6.45) is 6.17. The van der Waals surface area contributed by atoms with Crippen molar-refractivity contribution in [1.82, 2.24) is 4.90 Å². The van der Waals surface area contributed by atoms with Crippen molar-refractivity contribution in [2.45, 2.75) is 45.4 Å². The van der Waals surface area contributed by atoms with Gasteiger partial charge in [-0.15, -0.1) is 0 Å². The van der Waals surface area contributed by atoms with Crippen molar-refractivity contribution in [1.29, 1.82) is 0 Å². The predicted octanol–water partition coefficient (Wildman–Crippen LogP) is 3.18. The van der Waals surface area contributed by atoms with Crippen LogP contribution in [-0.2, 0) is 9.59 Å². The lowest BCUT2D eigenvalue weighted by atomic mass is 9.95. The number of likely N-dealkylation sites (tertiary alicyclic amines) is 1. The van der Waals surface area contributed by atoms with Crippen molar-refractivity contribution in [3.05, 3.63) is 23.8 Å². The lowest BCUT2D eigenvalue weighted by Crippen LogP contribution is -2.42. The van der Waals surface area contributed by atoms with Crippen LogP contribution in [0.25, 0.3) is 0 Å². The van der Waals surface area contributed by atoms with E-state index in [1.54, 1.807) is 0 Å². The van der Waals surface area contributed by atoms with Gasteiger partial charge >= 0.3 is 0 Å². The molecule has 1 saturated carbocycles. The number of hydrogen-bond acceptors (Lipinski definition) is 3. The molecule has 2 heterocycles. The van der Waals surface area contributed by atoms with E-state index in [1.807, 2.05) is 11.0 Å². The minimum absolute atomic E-state index is 0.0109. The summed E-state index contributed by atoms with van der Waals surface area (Å²) >= 11 is 0. The van der Waals surface area contributed by atoms with E-state index in [0.717, 1.165) is 57.5 Å². The molecule has 4 rings (SSSR count). The Bertz CT molecular complexity index is 684. The number of nitrogens with one attached hydrogen (secondary N) is 1. The van der Waals surface area contributed by atoms with Crippen LogP contribution in [0, 0.1) is 18.8 Å². The molecule has 26 heavy (non-hydrogen) atoms. The fourth-order valence-electron chi connectivity index (χ4n) is 4.24. The summed E-state index contributed by atoms with van der Waals surface area (Å²) < 4.78 is 0. The lowest BCUT2D eigenvalue weighted by molar-refractivity contribution is -0.135. The third kappa shape index (κ3) is 3.71. The van der Waals surface area contributed by atoms with E-state index < -0.39 is 0 Å². The van der Waals surface area contributed by atoms with Gasteiger partial charge in [0, 0.05) is 49.4 Å². The van der Waals surface area contributed by atoms with E-state index in [-0.39, 0.29) is 17.7 Å². The quantitative estimate of drug-likeness (QED) is 0.902. The van der Waals surface area contributed by atoms with Gasteiger partial charge in [0.25, 0.3) is 0 Å². The first kappa shape index (κ1) is 17.4. The predicted molar refractivity (Wildman–Crippen MR) is 103 cm³/mol. The highest BCUT2D eigenvalue weighted by Crippen LogP contribution is 2.33. The Morgan fingerprint density at radius 3 is 2.27 bits per heavy atom. The van der Waals surface area contributed by atoms with Gasteiger partial charge in [0.1, 0.15) is 0 Å². The van der Waals surface area contributed by atoms with Gasteiger partial charge in [-0.3, -0.25) is 9.59 Å². The molecule has 3 fully saturated rings. The van der Waals surface area contributed by atoms with Crippen LogP contribution in [0.2, 0.25) is 0 Å². The molecule has 2 aliphatic heterocycles. The molecule has 140 valence electrons. The summed E-state index contributed by atoms with van der Waals surface area (Å²) in [5.41, 5.74) is 3.38. The molecule has 1 N–H and O–H groups in total. The summed E-state index contributed by atoms with van der Waals surface area (Å²) in [4.78, 5) is 29.1. The zero-order valence-corrected chi connectivity index (χ0v) is 15.7. The number of amides is 2. The van der Waals surface area contributed by atoms with Crippen LogP contribution < -0.4 is 10.2 Å². The van der Waals surface area contributed by atoms with Gasteiger partial charge in [0.15, 0.2) is 0 Å². The molecule has 0 spiro atoms. The van der Waals surface area contributed by atoms with E-state index >= 15 is 0 Å². The van der Waals surface area contributed by atoms with Crippen LogP contribution in [0.4, 0.5) is 11.4 Å². The molecule has 2 amide bonds. The Morgan fingerprint density at radius 1 is 0.962 bits per heavy atom. The monoisotopic (exact) mass is 355 g/mol. The van der Waals surface area contributed by atoms with Crippen LogP contribution >= 0.6 is 0 Å². The number of hydrogen-bond donors (Lipinski definition) is 1. The van der Waals surface area contributed by atoms with Crippen molar-refractivity contribution in [3.63, 3.8) is 0 Å². The van der Waals surface area contributed by atoms with E-state index in [1.165, 1.54) is 24.1 Å². The second-order valence-corrected chi connectivity index (χ2v) is 8.06. The minimum atomic E-state index is 0.0109.